The molecule has 0 radical (unpaired) electrons. The normalized spacial score (nSPS) is 11.9. The molecule has 0 aliphatic heterocycles. The van der Waals surface area contributed by atoms with Gasteiger partial charge in [-0.2, -0.15) is 9.97 Å². The zero-order valence-corrected chi connectivity index (χ0v) is 30.4. The Bertz CT molecular complexity index is 3470. The molecule has 0 N–H and O–H groups in total. The molecule has 0 aliphatic rings. The van der Waals surface area contributed by atoms with Gasteiger partial charge < -0.3 is 8.83 Å². The van der Waals surface area contributed by atoms with Crippen LogP contribution in [0.2, 0.25) is 0 Å². The molecule has 4 aromatic heterocycles. The van der Waals surface area contributed by atoms with Crippen molar-refractivity contribution in [3.63, 3.8) is 0 Å². The lowest BCUT2D eigenvalue weighted by Crippen LogP contribution is -2.06. The summed E-state index contributed by atoms with van der Waals surface area (Å²) < 4.78 is 14.8. The van der Waals surface area contributed by atoms with E-state index in [1.165, 1.54) is 0 Å². The molecule has 57 heavy (non-hydrogen) atoms. The van der Waals surface area contributed by atoms with Crippen LogP contribution in [0.25, 0.3) is 117 Å². The summed E-state index contributed by atoms with van der Waals surface area (Å²) in [5.41, 5.74) is 11.8. The predicted molar refractivity (Wildman–Crippen MR) is 230 cm³/mol. The van der Waals surface area contributed by atoms with E-state index in [9.17, 15) is 0 Å². The van der Waals surface area contributed by atoms with Crippen LogP contribution < -0.4 is 0 Å². The molecule has 0 aliphatic carbocycles. The molecular weight excluding hydrogens is 701 g/mol. The van der Waals surface area contributed by atoms with Crippen LogP contribution in [0, 0.1) is 0 Å². The van der Waals surface area contributed by atoms with Crippen LogP contribution in [-0.4, -0.2) is 19.5 Å². The molecule has 0 fully saturated rings. The Hall–Kier alpha value is -7.83. The van der Waals surface area contributed by atoms with Crippen molar-refractivity contribution in [2.45, 2.75) is 0 Å². The van der Waals surface area contributed by atoms with E-state index in [4.69, 9.17) is 23.8 Å². The minimum atomic E-state index is 0.579. The number of aromatic nitrogens is 4. The fourth-order valence-corrected chi connectivity index (χ4v) is 8.40. The quantitative estimate of drug-likeness (QED) is 0.176. The van der Waals surface area contributed by atoms with E-state index in [0.29, 0.717) is 17.6 Å². The van der Waals surface area contributed by atoms with Gasteiger partial charge >= 0.3 is 0 Å². The molecule has 0 saturated heterocycles. The number of hydrogen-bond donors (Lipinski definition) is 0. The van der Waals surface area contributed by atoms with E-state index in [1.54, 1.807) is 0 Å². The molecule has 6 nitrogen and oxygen atoms in total. The van der Waals surface area contributed by atoms with E-state index in [0.717, 1.165) is 99.1 Å². The van der Waals surface area contributed by atoms with E-state index in [1.807, 2.05) is 54.6 Å². The van der Waals surface area contributed by atoms with Gasteiger partial charge in [0.15, 0.2) is 11.6 Å². The Balaban J connectivity index is 0.933. The first-order chi connectivity index (χ1) is 28.2. The number of furan rings is 2. The second-order valence-corrected chi connectivity index (χ2v) is 14.4. The van der Waals surface area contributed by atoms with E-state index < -0.39 is 0 Å². The number of nitrogens with zero attached hydrogens (tertiary/aromatic N) is 4. The lowest BCUT2D eigenvalue weighted by Gasteiger charge is -2.11. The molecule has 12 rings (SSSR count). The Morgan fingerprint density at radius 1 is 0.333 bits per heavy atom. The van der Waals surface area contributed by atoms with E-state index in [2.05, 4.69) is 132 Å². The third-order valence-electron chi connectivity index (χ3n) is 11.1. The smallest absolute Gasteiger partial charge is 0.238 e. The summed E-state index contributed by atoms with van der Waals surface area (Å²) in [6, 6.07) is 62.7. The first kappa shape index (κ1) is 31.5. The summed E-state index contributed by atoms with van der Waals surface area (Å²) in [6.45, 7) is 0. The minimum absolute atomic E-state index is 0.579. The van der Waals surface area contributed by atoms with Gasteiger partial charge in [-0.25, -0.2) is 4.98 Å². The first-order valence-corrected chi connectivity index (χ1v) is 19.0. The van der Waals surface area contributed by atoms with Crippen LogP contribution in [0.1, 0.15) is 0 Å². The summed E-state index contributed by atoms with van der Waals surface area (Å²) in [4.78, 5) is 15.2. The van der Waals surface area contributed by atoms with Crippen molar-refractivity contribution in [1.82, 2.24) is 19.5 Å². The second kappa shape index (κ2) is 12.3. The van der Waals surface area contributed by atoms with Gasteiger partial charge in [-0.3, -0.25) is 4.57 Å². The fraction of sp³-hybridized carbons (Fsp3) is 0. The summed E-state index contributed by atoms with van der Waals surface area (Å²) in [7, 11) is 0. The lowest BCUT2D eigenvalue weighted by atomic mass is 9.98. The van der Waals surface area contributed by atoms with Crippen molar-refractivity contribution in [3.8, 4) is 51.0 Å². The molecule has 0 unspecified atom stereocenters. The molecule has 0 atom stereocenters. The molecule has 0 amide bonds. The molecule has 4 heterocycles. The van der Waals surface area contributed by atoms with Crippen molar-refractivity contribution >= 4 is 65.7 Å². The van der Waals surface area contributed by atoms with Gasteiger partial charge in [-0.05, 0) is 70.8 Å². The van der Waals surface area contributed by atoms with Crippen LogP contribution in [0.15, 0.2) is 191 Å². The zero-order chi connectivity index (χ0) is 37.5. The van der Waals surface area contributed by atoms with Crippen molar-refractivity contribution in [1.29, 1.82) is 0 Å². The number of para-hydroxylation sites is 3. The Labute approximate surface area is 325 Å². The second-order valence-electron chi connectivity index (χ2n) is 14.4. The molecule has 266 valence electrons. The highest BCUT2D eigenvalue weighted by molar-refractivity contribution is 6.14. The van der Waals surface area contributed by atoms with Crippen LogP contribution in [0.3, 0.4) is 0 Å². The molecule has 6 heteroatoms. The zero-order valence-electron chi connectivity index (χ0n) is 30.4. The average Bonchev–Trinajstić information content (AvgIpc) is 3.96. The van der Waals surface area contributed by atoms with Crippen LogP contribution in [0.5, 0.6) is 0 Å². The standard InChI is InChI=1S/C51H30N4O2/c1-2-11-32(12-3-1)49-52-50(54-51(53-49)55-42-17-7-4-13-37(42)38-14-5-8-18-43(38)55)33-23-21-31(22-24-33)34-26-28-45-41(29-34)39-27-25-35(30-47(39)57-45)36-16-10-20-46-48(36)40-15-6-9-19-44(40)56-46/h1-30H. The highest BCUT2D eigenvalue weighted by atomic mass is 16.3. The molecule has 12 aromatic rings. The van der Waals surface area contributed by atoms with Gasteiger partial charge in [0.2, 0.25) is 5.95 Å². The first-order valence-electron chi connectivity index (χ1n) is 19.0. The maximum absolute atomic E-state index is 6.46. The van der Waals surface area contributed by atoms with Crippen molar-refractivity contribution in [2.75, 3.05) is 0 Å². The molecular formula is C51H30N4O2. The van der Waals surface area contributed by atoms with Crippen LogP contribution in [0.4, 0.5) is 0 Å². The van der Waals surface area contributed by atoms with Gasteiger partial charge in [-0.15, -0.1) is 0 Å². The van der Waals surface area contributed by atoms with Crippen molar-refractivity contribution < 1.29 is 8.83 Å². The van der Waals surface area contributed by atoms with Gasteiger partial charge in [0.1, 0.15) is 22.3 Å². The number of hydrogen-bond acceptors (Lipinski definition) is 5. The largest absolute Gasteiger partial charge is 0.456 e. The highest BCUT2D eigenvalue weighted by Crippen LogP contribution is 2.40. The van der Waals surface area contributed by atoms with Crippen LogP contribution in [-0.2, 0) is 0 Å². The molecule has 8 aromatic carbocycles. The molecule has 0 saturated carbocycles. The number of rotatable bonds is 5. The summed E-state index contributed by atoms with van der Waals surface area (Å²) in [6.07, 6.45) is 0. The average molecular weight is 731 g/mol. The topological polar surface area (TPSA) is 69.9 Å². The lowest BCUT2D eigenvalue weighted by molar-refractivity contribution is 0.668. The number of benzene rings is 8. The maximum atomic E-state index is 6.46. The Morgan fingerprint density at radius 3 is 1.68 bits per heavy atom. The van der Waals surface area contributed by atoms with Gasteiger partial charge in [0.05, 0.1) is 11.0 Å². The van der Waals surface area contributed by atoms with Gasteiger partial charge in [0, 0.05) is 43.4 Å². The summed E-state index contributed by atoms with van der Waals surface area (Å²) in [5.74, 6) is 1.81. The van der Waals surface area contributed by atoms with Crippen molar-refractivity contribution in [3.05, 3.63) is 182 Å². The SMILES string of the molecule is c1ccc(-c2nc(-c3ccc(-c4ccc5oc6cc(-c7cccc8oc9ccccc9c78)ccc6c5c4)cc3)nc(-n3c4ccccc4c4ccccc43)n2)cc1. The fourth-order valence-electron chi connectivity index (χ4n) is 8.40. The summed E-state index contributed by atoms with van der Waals surface area (Å²) in [5, 5.41) is 6.69. The minimum Gasteiger partial charge on any atom is -0.456 e. The third-order valence-corrected chi connectivity index (χ3v) is 11.1. The van der Waals surface area contributed by atoms with E-state index >= 15 is 0 Å². The maximum Gasteiger partial charge on any atom is 0.238 e. The monoisotopic (exact) mass is 730 g/mol. The third kappa shape index (κ3) is 5.01. The Morgan fingerprint density at radius 2 is 0.912 bits per heavy atom. The van der Waals surface area contributed by atoms with Crippen molar-refractivity contribution in [2.24, 2.45) is 0 Å². The number of fused-ring (bicyclic) bond motifs is 9. The van der Waals surface area contributed by atoms with E-state index in [-0.39, 0.29) is 0 Å². The molecule has 0 spiro atoms. The van der Waals surface area contributed by atoms with Gasteiger partial charge in [-0.1, -0.05) is 133 Å². The van der Waals surface area contributed by atoms with Gasteiger partial charge in [0.25, 0.3) is 0 Å². The highest BCUT2D eigenvalue weighted by Gasteiger charge is 2.19. The Kier molecular flexibility index (Phi) is 6.83. The van der Waals surface area contributed by atoms with Crippen LogP contribution >= 0.6 is 0 Å². The predicted octanol–water partition coefficient (Wildman–Crippen LogP) is 13.4. The summed E-state index contributed by atoms with van der Waals surface area (Å²) >= 11 is 0. The molecule has 0 bridgehead atoms.